The fourth-order valence-electron chi connectivity index (χ4n) is 2.96. The van der Waals surface area contributed by atoms with Gasteiger partial charge in [-0.05, 0) is 19.8 Å². The number of aryl methyl sites for hydroxylation is 3. The van der Waals surface area contributed by atoms with Crippen LogP contribution in [0.1, 0.15) is 25.0 Å². The van der Waals surface area contributed by atoms with E-state index in [-0.39, 0.29) is 12.0 Å². The van der Waals surface area contributed by atoms with Gasteiger partial charge in [0, 0.05) is 26.6 Å². The highest BCUT2D eigenvalue weighted by atomic mass is 16.3. The minimum atomic E-state index is -0.252. The maximum Gasteiger partial charge on any atom is 0.224 e. The van der Waals surface area contributed by atoms with Crippen molar-refractivity contribution in [2.24, 2.45) is 7.05 Å². The molecule has 1 aliphatic rings. The summed E-state index contributed by atoms with van der Waals surface area (Å²) in [5.41, 5.74) is 2.92. The van der Waals surface area contributed by atoms with Crippen LogP contribution in [-0.2, 0) is 18.4 Å². The van der Waals surface area contributed by atoms with Gasteiger partial charge < -0.3 is 10.0 Å². The minimum Gasteiger partial charge on any atom is -0.393 e. The lowest BCUT2D eigenvalue weighted by atomic mass is 10.1. The normalized spacial score (nSPS) is 16.8. The molecule has 21 heavy (non-hydrogen) atoms. The Labute approximate surface area is 123 Å². The second-order valence-electron chi connectivity index (χ2n) is 5.67. The number of amides is 1. The number of piperidine rings is 1. The number of carbonyl (C=O) groups excluding carboxylic acids is 1. The lowest BCUT2D eigenvalue weighted by Crippen LogP contribution is -2.40. The second kappa shape index (κ2) is 5.48. The molecule has 3 heterocycles. The molecule has 0 atom stereocenters. The average Bonchev–Trinajstić information content (AvgIpc) is 3.00. The van der Waals surface area contributed by atoms with Crippen LogP contribution in [0.2, 0.25) is 0 Å². The zero-order valence-electron chi connectivity index (χ0n) is 12.5. The van der Waals surface area contributed by atoms with Gasteiger partial charge in [-0.3, -0.25) is 14.2 Å². The number of aromatic nitrogens is 4. The zero-order valence-corrected chi connectivity index (χ0v) is 12.5. The van der Waals surface area contributed by atoms with Gasteiger partial charge in [0.1, 0.15) is 11.0 Å². The summed E-state index contributed by atoms with van der Waals surface area (Å²) >= 11 is 0. The van der Waals surface area contributed by atoms with Gasteiger partial charge >= 0.3 is 0 Å². The summed E-state index contributed by atoms with van der Waals surface area (Å²) in [5.74, 6) is 0.132. The van der Waals surface area contributed by atoms with Crippen molar-refractivity contribution >= 4 is 16.9 Å². The number of likely N-dealkylation sites (tertiary alicyclic amines) is 1. The van der Waals surface area contributed by atoms with Gasteiger partial charge in [-0.2, -0.15) is 10.2 Å². The van der Waals surface area contributed by atoms with Crippen molar-refractivity contribution in [1.29, 1.82) is 0 Å². The van der Waals surface area contributed by atoms with E-state index in [1.165, 1.54) is 0 Å². The van der Waals surface area contributed by atoms with E-state index in [9.17, 15) is 9.90 Å². The third kappa shape index (κ3) is 2.65. The Bertz CT molecular complexity index is 652. The number of nitrogens with zero attached hydrogens (tertiary/aromatic N) is 5. The van der Waals surface area contributed by atoms with Crippen molar-refractivity contribution in [3.8, 4) is 0 Å². The first kappa shape index (κ1) is 14.1. The third-order valence-corrected chi connectivity index (χ3v) is 4.17. The summed E-state index contributed by atoms with van der Waals surface area (Å²) in [5, 5.41) is 18.2. The van der Waals surface area contributed by atoms with Crippen molar-refractivity contribution in [3.05, 3.63) is 11.9 Å². The Balaban J connectivity index is 1.65. The van der Waals surface area contributed by atoms with E-state index < -0.39 is 0 Å². The number of fused-ring (bicyclic) bond motifs is 1. The molecule has 1 amide bonds. The highest BCUT2D eigenvalue weighted by Crippen LogP contribution is 2.17. The molecule has 1 saturated heterocycles. The molecule has 0 unspecified atom stereocenters. The van der Waals surface area contributed by atoms with E-state index >= 15 is 0 Å². The molecule has 0 aliphatic carbocycles. The number of hydrogen-bond acceptors (Lipinski definition) is 4. The monoisotopic (exact) mass is 291 g/mol. The van der Waals surface area contributed by atoms with E-state index in [0.29, 0.717) is 38.9 Å². The molecule has 7 nitrogen and oxygen atoms in total. The number of hydrogen-bond donors (Lipinski definition) is 1. The molecule has 2 aromatic rings. The summed E-state index contributed by atoms with van der Waals surface area (Å²) in [4.78, 5) is 14.0. The molecule has 0 saturated carbocycles. The summed E-state index contributed by atoms with van der Waals surface area (Å²) in [6.45, 7) is 3.82. The first-order chi connectivity index (χ1) is 10.1. The average molecular weight is 291 g/mol. The molecule has 0 radical (unpaired) electrons. The quantitative estimate of drug-likeness (QED) is 0.891. The Morgan fingerprint density at radius 1 is 1.43 bits per heavy atom. The summed E-state index contributed by atoms with van der Waals surface area (Å²) in [7, 11) is 1.89. The van der Waals surface area contributed by atoms with Crippen LogP contribution in [-0.4, -0.2) is 54.7 Å². The Morgan fingerprint density at radius 2 is 2.14 bits per heavy atom. The molecular formula is C14H21N5O2. The van der Waals surface area contributed by atoms with Gasteiger partial charge in [0.25, 0.3) is 0 Å². The van der Waals surface area contributed by atoms with Crippen LogP contribution >= 0.6 is 0 Å². The van der Waals surface area contributed by atoms with Crippen LogP contribution in [0.5, 0.6) is 0 Å². The van der Waals surface area contributed by atoms with Crippen molar-refractivity contribution in [2.75, 3.05) is 13.1 Å². The molecular weight excluding hydrogens is 270 g/mol. The van der Waals surface area contributed by atoms with Crippen LogP contribution in [0.4, 0.5) is 0 Å². The van der Waals surface area contributed by atoms with Crippen molar-refractivity contribution in [2.45, 2.75) is 38.8 Å². The SMILES string of the molecule is Cc1nn(C)c2cnn(CCC(=O)N3CCC(O)CC3)c12. The Kier molecular flexibility index (Phi) is 3.67. The van der Waals surface area contributed by atoms with Crippen LogP contribution in [0.25, 0.3) is 11.0 Å². The zero-order chi connectivity index (χ0) is 15.0. The smallest absolute Gasteiger partial charge is 0.224 e. The number of aliphatic hydroxyl groups is 1. The number of rotatable bonds is 3. The minimum absolute atomic E-state index is 0.132. The molecule has 1 N–H and O–H groups in total. The van der Waals surface area contributed by atoms with E-state index in [4.69, 9.17) is 0 Å². The fraction of sp³-hybridized carbons (Fsp3) is 0.643. The molecule has 0 bridgehead atoms. The highest BCUT2D eigenvalue weighted by molar-refractivity contribution is 5.78. The number of carbonyl (C=O) groups is 1. The Hall–Kier alpha value is -1.89. The van der Waals surface area contributed by atoms with Crippen LogP contribution in [0, 0.1) is 6.92 Å². The van der Waals surface area contributed by atoms with Gasteiger partial charge in [0.05, 0.1) is 24.5 Å². The van der Waals surface area contributed by atoms with E-state index in [0.717, 1.165) is 16.7 Å². The summed E-state index contributed by atoms with van der Waals surface area (Å²) < 4.78 is 3.66. The van der Waals surface area contributed by atoms with Gasteiger partial charge in [0.2, 0.25) is 5.91 Å². The molecule has 114 valence electrons. The molecule has 7 heteroatoms. The van der Waals surface area contributed by atoms with E-state index in [1.807, 2.05) is 28.2 Å². The van der Waals surface area contributed by atoms with Crippen molar-refractivity contribution in [1.82, 2.24) is 24.5 Å². The fourth-order valence-corrected chi connectivity index (χ4v) is 2.96. The maximum atomic E-state index is 12.2. The number of aliphatic hydroxyl groups excluding tert-OH is 1. The predicted octanol–water partition coefficient (Wildman–Crippen LogP) is 0.452. The van der Waals surface area contributed by atoms with Crippen molar-refractivity contribution < 1.29 is 9.90 Å². The van der Waals surface area contributed by atoms with E-state index in [2.05, 4.69) is 10.2 Å². The predicted molar refractivity (Wildman–Crippen MR) is 77.7 cm³/mol. The van der Waals surface area contributed by atoms with Gasteiger partial charge in [-0.15, -0.1) is 0 Å². The lowest BCUT2D eigenvalue weighted by Gasteiger charge is -2.29. The molecule has 1 aliphatic heterocycles. The topological polar surface area (TPSA) is 76.2 Å². The largest absolute Gasteiger partial charge is 0.393 e. The maximum absolute atomic E-state index is 12.2. The standard InChI is InChI=1S/C14H21N5O2/c1-10-14-12(17(2)16-10)9-15-19(14)8-5-13(21)18-6-3-11(20)4-7-18/h9,11,20H,3-8H2,1-2H3. The molecule has 1 fully saturated rings. The first-order valence-electron chi connectivity index (χ1n) is 7.37. The first-order valence-corrected chi connectivity index (χ1v) is 7.37. The molecule has 0 aromatic carbocycles. The highest BCUT2D eigenvalue weighted by Gasteiger charge is 2.21. The van der Waals surface area contributed by atoms with Crippen LogP contribution in [0.15, 0.2) is 6.20 Å². The summed E-state index contributed by atoms with van der Waals surface area (Å²) in [6, 6.07) is 0. The lowest BCUT2D eigenvalue weighted by molar-refractivity contribution is -0.133. The van der Waals surface area contributed by atoms with Crippen molar-refractivity contribution in [3.63, 3.8) is 0 Å². The Morgan fingerprint density at radius 3 is 2.86 bits per heavy atom. The molecule has 0 spiro atoms. The second-order valence-corrected chi connectivity index (χ2v) is 5.67. The van der Waals surface area contributed by atoms with Gasteiger partial charge in [-0.25, -0.2) is 0 Å². The molecule has 2 aromatic heterocycles. The third-order valence-electron chi connectivity index (χ3n) is 4.17. The van der Waals surface area contributed by atoms with Crippen LogP contribution < -0.4 is 0 Å². The van der Waals surface area contributed by atoms with Gasteiger partial charge in [-0.1, -0.05) is 0 Å². The van der Waals surface area contributed by atoms with Crippen LogP contribution in [0.3, 0.4) is 0 Å². The molecule has 3 rings (SSSR count). The van der Waals surface area contributed by atoms with E-state index in [1.54, 1.807) is 6.20 Å². The summed E-state index contributed by atoms with van der Waals surface area (Å²) in [6.07, 6.45) is 3.33. The van der Waals surface area contributed by atoms with Gasteiger partial charge in [0.15, 0.2) is 0 Å².